The number of hydrogen-bond acceptors (Lipinski definition) is 6. The predicted molar refractivity (Wildman–Crippen MR) is 127 cm³/mol. The third kappa shape index (κ3) is 7.48. The Balaban J connectivity index is 0.000000654. The van der Waals surface area contributed by atoms with Crippen molar-refractivity contribution in [3.63, 3.8) is 0 Å². The lowest BCUT2D eigenvalue weighted by atomic mass is 9.82. The molecule has 2 aromatic rings. The van der Waals surface area contributed by atoms with Gasteiger partial charge in [0.1, 0.15) is 0 Å². The fraction of sp³-hybridized carbons (Fsp3) is 0.560. The first-order chi connectivity index (χ1) is 14.8. The first kappa shape index (κ1) is 25.6. The van der Waals surface area contributed by atoms with E-state index in [4.69, 9.17) is 9.84 Å². The second-order valence-electron chi connectivity index (χ2n) is 10.1. The van der Waals surface area contributed by atoms with Crippen LogP contribution < -0.4 is 9.64 Å². The van der Waals surface area contributed by atoms with Gasteiger partial charge in [-0.05, 0) is 57.6 Å². The fourth-order valence-electron chi connectivity index (χ4n) is 3.59. The Kier molecular flexibility index (Phi) is 8.24. The van der Waals surface area contributed by atoms with Gasteiger partial charge >= 0.3 is 5.97 Å². The quantitative estimate of drug-likeness (QED) is 0.703. The second-order valence-corrected chi connectivity index (χ2v) is 10.1. The standard InChI is InChI=1S/C21H27N3O3.C4H10O/c1-14-16(12-19(25)26)20(24-9-6-21(2,3)7-10-24)17(13-23-14)15-5-8-22-18(11-15)27-4;1-4(2,3)5/h5,8,11,13H,6-7,9-10,12H2,1-4H3,(H,25,26);5H,1-3H3. The average molecular weight is 444 g/mol. The fourth-order valence-corrected chi connectivity index (χ4v) is 3.59. The van der Waals surface area contributed by atoms with Gasteiger partial charge in [-0.25, -0.2) is 4.98 Å². The van der Waals surface area contributed by atoms with Crippen molar-refractivity contribution in [2.24, 2.45) is 5.41 Å². The van der Waals surface area contributed by atoms with E-state index in [1.807, 2.05) is 25.3 Å². The highest BCUT2D eigenvalue weighted by molar-refractivity contribution is 5.84. The van der Waals surface area contributed by atoms with Gasteiger partial charge in [-0.1, -0.05) is 13.8 Å². The maximum Gasteiger partial charge on any atom is 0.307 e. The van der Waals surface area contributed by atoms with Crippen LogP contribution in [0.25, 0.3) is 11.1 Å². The van der Waals surface area contributed by atoms with Crippen molar-refractivity contribution in [3.05, 3.63) is 35.8 Å². The van der Waals surface area contributed by atoms with Crippen molar-refractivity contribution in [2.75, 3.05) is 25.1 Å². The molecular weight excluding hydrogens is 406 g/mol. The molecule has 3 rings (SSSR count). The number of aliphatic carboxylic acids is 1. The van der Waals surface area contributed by atoms with E-state index in [1.165, 1.54) is 0 Å². The van der Waals surface area contributed by atoms with Gasteiger partial charge in [0.25, 0.3) is 0 Å². The number of methoxy groups -OCH3 is 1. The van der Waals surface area contributed by atoms with Gasteiger partial charge in [0.15, 0.2) is 0 Å². The molecule has 1 aliphatic heterocycles. The van der Waals surface area contributed by atoms with Crippen LogP contribution in [0.3, 0.4) is 0 Å². The smallest absolute Gasteiger partial charge is 0.307 e. The first-order valence-corrected chi connectivity index (χ1v) is 11.0. The zero-order valence-corrected chi connectivity index (χ0v) is 20.4. The van der Waals surface area contributed by atoms with Crippen LogP contribution in [-0.2, 0) is 11.2 Å². The highest BCUT2D eigenvalue weighted by Crippen LogP contribution is 2.40. The number of aliphatic hydroxyl groups is 1. The molecule has 7 heteroatoms. The Morgan fingerprint density at radius 3 is 2.34 bits per heavy atom. The monoisotopic (exact) mass is 443 g/mol. The summed E-state index contributed by atoms with van der Waals surface area (Å²) < 4.78 is 5.27. The van der Waals surface area contributed by atoms with Gasteiger partial charge < -0.3 is 19.8 Å². The average Bonchev–Trinajstić information content (AvgIpc) is 2.68. The number of carboxylic acids is 1. The molecule has 176 valence electrons. The van der Waals surface area contributed by atoms with Crippen molar-refractivity contribution < 1.29 is 19.7 Å². The van der Waals surface area contributed by atoms with Crippen LogP contribution in [-0.4, -0.2) is 52.0 Å². The number of ether oxygens (including phenoxy) is 1. The summed E-state index contributed by atoms with van der Waals surface area (Å²) >= 11 is 0. The Morgan fingerprint density at radius 2 is 1.81 bits per heavy atom. The number of nitrogens with zero attached hydrogens (tertiary/aromatic N) is 3. The van der Waals surface area contributed by atoms with Gasteiger partial charge in [-0.15, -0.1) is 0 Å². The number of piperidine rings is 1. The van der Waals surface area contributed by atoms with Crippen LogP contribution >= 0.6 is 0 Å². The normalized spacial score (nSPS) is 15.6. The summed E-state index contributed by atoms with van der Waals surface area (Å²) in [5, 5.41) is 18.0. The third-order valence-electron chi connectivity index (χ3n) is 5.38. The van der Waals surface area contributed by atoms with E-state index in [1.54, 1.807) is 34.1 Å². The van der Waals surface area contributed by atoms with Gasteiger partial charge in [0, 0.05) is 48.4 Å². The summed E-state index contributed by atoms with van der Waals surface area (Å²) in [6.45, 7) is 13.5. The van der Waals surface area contributed by atoms with Crippen LogP contribution in [0.15, 0.2) is 24.5 Å². The SMILES string of the molecule is CC(C)(C)O.COc1cc(-c2cnc(C)c(CC(=O)O)c2N2CCC(C)(C)CC2)ccn1. The van der Waals surface area contributed by atoms with E-state index in [-0.39, 0.29) is 6.42 Å². The lowest BCUT2D eigenvalue weighted by molar-refractivity contribution is -0.136. The van der Waals surface area contributed by atoms with Crippen LogP contribution in [0.5, 0.6) is 5.88 Å². The van der Waals surface area contributed by atoms with Crippen molar-refractivity contribution in [1.82, 2.24) is 9.97 Å². The van der Waals surface area contributed by atoms with E-state index in [2.05, 4.69) is 28.7 Å². The van der Waals surface area contributed by atoms with Gasteiger partial charge in [0.2, 0.25) is 5.88 Å². The molecule has 7 nitrogen and oxygen atoms in total. The summed E-state index contributed by atoms with van der Waals surface area (Å²) in [5.41, 5.74) is 4.20. The number of aromatic nitrogens is 2. The number of carboxylic acid groups (broad SMARTS) is 1. The Labute approximate surface area is 191 Å². The number of pyridine rings is 2. The van der Waals surface area contributed by atoms with Crippen LogP contribution in [0.1, 0.15) is 58.7 Å². The Bertz CT molecular complexity index is 919. The number of hydrogen-bond donors (Lipinski definition) is 2. The second kappa shape index (κ2) is 10.3. The molecule has 0 bridgehead atoms. The maximum absolute atomic E-state index is 11.5. The lowest BCUT2D eigenvalue weighted by Crippen LogP contribution is -2.38. The van der Waals surface area contributed by atoms with Crippen molar-refractivity contribution >= 4 is 11.7 Å². The largest absolute Gasteiger partial charge is 0.481 e. The summed E-state index contributed by atoms with van der Waals surface area (Å²) in [6.07, 6.45) is 5.64. The number of carbonyl (C=O) groups is 1. The molecule has 0 radical (unpaired) electrons. The summed E-state index contributed by atoms with van der Waals surface area (Å²) in [4.78, 5) is 22.5. The van der Waals surface area contributed by atoms with Crippen molar-refractivity contribution in [1.29, 1.82) is 0 Å². The van der Waals surface area contributed by atoms with Gasteiger partial charge in [-0.2, -0.15) is 0 Å². The minimum atomic E-state index is -0.844. The first-order valence-electron chi connectivity index (χ1n) is 11.0. The zero-order chi connectivity index (χ0) is 24.1. The van der Waals surface area contributed by atoms with Gasteiger partial charge in [-0.3, -0.25) is 9.78 Å². The maximum atomic E-state index is 11.5. The minimum absolute atomic E-state index is 0.0376. The van der Waals surface area contributed by atoms with E-state index in [9.17, 15) is 9.90 Å². The molecule has 0 aliphatic carbocycles. The van der Waals surface area contributed by atoms with Crippen LogP contribution in [0.4, 0.5) is 5.69 Å². The third-order valence-corrected chi connectivity index (χ3v) is 5.38. The molecule has 1 saturated heterocycles. The highest BCUT2D eigenvalue weighted by Gasteiger charge is 2.29. The molecule has 0 saturated carbocycles. The molecule has 0 unspecified atom stereocenters. The molecule has 1 fully saturated rings. The summed E-state index contributed by atoms with van der Waals surface area (Å²) in [6, 6.07) is 3.78. The molecule has 0 aromatic carbocycles. The number of anilines is 1. The topological polar surface area (TPSA) is 95.8 Å². The zero-order valence-electron chi connectivity index (χ0n) is 20.4. The molecule has 0 atom stereocenters. The summed E-state index contributed by atoms with van der Waals surface area (Å²) in [5.74, 6) is -0.318. The molecule has 1 aliphatic rings. The van der Waals surface area contributed by atoms with Crippen molar-refractivity contribution in [3.8, 4) is 17.0 Å². The van der Waals surface area contributed by atoms with Crippen molar-refractivity contribution in [2.45, 2.75) is 66.4 Å². The highest BCUT2D eigenvalue weighted by atomic mass is 16.5. The van der Waals surface area contributed by atoms with Crippen LogP contribution in [0.2, 0.25) is 0 Å². The molecule has 0 spiro atoms. The lowest BCUT2D eigenvalue weighted by Gasteiger charge is -2.40. The van der Waals surface area contributed by atoms with Gasteiger partial charge in [0.05, 0.1) is 24.8 Å². The number of aryl methyl sites for hydroxylation is 1. The molecule has 2 aromatic heterocycles. The van der Waals surface area contributed by atoms with E-state index >= 15 is 0 Å². The van der Waals surface area contributed by atoms with E-state index in [0.717, 1.165) is 54.0 Å². The number of rotatable bonds is 5. The Morgan fingerprint density at radius 1 is 1.22 bits per heavy atom. The predicted octanol–water partition coefficient (Wildman–Crippen LogP) is 4.49. The minimum Gasteiger partial charge on any atom is -0.481 e. The van der Waals surface area contributed by atoms with Crippen LogP contribution in [0, 0.1) is 12.3 Å². The van der Waals surface area contributed by atoms with E-state index in [0.29, 0.717) is 11.3 Å². The molecular formula is C25H37N3O4. The Hall–Kier alpha value is -2.67. The van der Waals surface area contributed by atoms with E-state index < -0.39 is 11.6 Å². The molecule has 0 amide bonds. The summed E-state index contributed by atoms with van der Waals surface area (Å²) in [7, 11) is 1.59. The molecule has 3 heterocycles. The molecule has 32 heavy (non-hydrogen) atoms. The molecule has 2 N–H and O–H groups in total.